The Hall–Kier alpha value is -1.20. The number of nitrogens with zero attached hydrogens (tertiary/aromatic N) is 2. The summed E-state index contributed by atoms with van der Waals surface area (Å²) < 4.78 is 5.65. The molecule has 2 aromatic heterocycles. The van der Waals surface area contributed by atoms with Crippen LogP contribution in [0.3, 0.4) is 0 Å². The van der Waals surface area contributed by atoms with E-state index >= 15 is 0 Å². The number of rotatable bonds is 5. The first-order valence-electron chi connectivity index (χ1n) is 5.38. The summed E-state index contributed by atoms with van der Waals surface area (Å²) in [6.45, 7) is 5.94. The first kappa shape index (κ1) is 11.3. The Morgan fingerprint density at radius 3 is 2.94 bits per heavy atom. The van der Waals surface area contributed by atoms with Crippen LogP contribution in [0.25, 0.3) is 10.6 Å². The van der Waals surface area contributed by atoms with Gasteiger partial charge in [-0.25, -0.2) is 9.97 Å². The summed E-state index contributed by atoms with van der Waals surface area (Å²) in [6.07, 6.45) is 4.43. The molecule has 0 unspecified atom stereocenters. The highest BCUT2D eigenvalue weighted by Gasteiger charge is 2.08. The van der Waals surface area contributed by atoms with Crippen LogP contribution in [0.1, 0.15) is 17.8 Å². The molecule has 0 aromatic carbocycles. The van der Waals surface area contributed by atoms with Crippen molar-refractivity contribution in [2.45, 2.75) is 20.3 Å². The number of hydrogen-bond donors (Lipinski definition) is 1. The van der Waals surface area contributed by atoms with Crippen molar-refractivity contribution in [1.29, 1.82) is 0 Å². The van der Waals surface area contributed by atoms with Gasteiger partial charge in [-0.1, -0.05) is 6.92 Å². The second-order valence-corrected chi connectivity index (χ2v) is 4.70. The molecule has 1 N–H and O–H groups in total. The molecule has 0 saturated carbocycles. The topological polar surface area (TPSA) is 51.0 Å². The normalized spacial score (nSPS) is 10.9. The zero-order chi connectivity index (χ0) is 11.4. The molecule has 2 heterocycles. The van der Waals surface area contributed by atoms with Crippen LogP contribution in [0, 0.1) is 6.92 Å². The van der Waals surface area contributed by atoms with Crippen molar-refractivity contribution in [2.75, 3.05) is 13.1 Å². The van der Waals surface area contributed by atoms with Crippen LogP contribution in [0.2, 0.25) is 0 Å². The fourth-order valence-electron chi connectivity index (χ4n) is 1.39. The lowest BCUT2D eigenvalue weighted by atomic mass is 10.4. The van der Waals surface area contributed by atoms with Crippen molar-refractivity contribution >= 4 is 11.3 Å². The zero-order valence-corrected chi connectivity index (χ0v) is 10.3. The second-order valence-electron chi connectivity index (χ2n) is 3.47. The Labute approximate surface area is 98.7 Å². The first-order valence-corrected chi connectivity index (χ1v) is 6.19. The van der Waals surface area contributed by atoms with E-state index in [9.17, 15) is 0 Å². The molecular weight excluding hydrogens is 222 g/mol. The highest BCUT2D eigenvalue weighted by molar-refractivity contribution is 7.14. The maximum Gasteiger partial charge on any atom is 0.196 e. The smallest absolute Gasteiger partial charge is 0.196 e. The van der Waals surface area contributed by atoms with Crippen LogP contribution in [-0.2, 0) is 6.42 Å². The Morgan fingerprint density at radius 2 is 2.25 bits per heavy atom. The van der Waals surface area contributed by atoms with Gasteiger partial charge in [0.05, 0.1) is 16.1 Å². The van der Waals surface area contributed by atoms with E-state index < -0.39 is 0 Å². The molecule has 2 rings (SSSR count). The molecule has 0 saturated heterocycles. The number of oxazole rings is 1. The zero-order valence-electron chi connectivity index (χ0n) is 9.49. The van der Waals surface area contributed by atoms with E-state index in [1.54, 1.807) is 17.5 Å². The van der Waals surface area contributed by atoms with Crippen molar-refractivity contribution in [3.8, 4) is 10.6 Å². The van der Waals surface area contributed by atoms with Crippen molar-refractivity contribution in [2.24, 2.45) is 0 Å². The average molecular weight is 237 g/mol. The Kier molecular flexibility index (Phi) is 3.69. The maximum absolute atomic E-state index is 5.65. The fourth-order valence-corrected chi connectivity index (χ4v) is 2.11. The molecular formula is C11H15N3OS. The van der Waals surface area contributed by atoms with Gasteiger partial charge in [0, 0.05) is 19.2 Å². The van der Waals surface area contributed by atoms with Crippen LogP contribution in [-0.4, -0.2) is 23.1 Å². The monoisotopic (exact) mass is 237 g/mol. The molecule has 0 fully saturated rings. The van der Waals surface area contributed by atoms with E-state index in [-0.39, 0.29) is 0 Å². The SMILES string of the molecule is CCNCCc1ncc(-c2cnc(C)s2)o1. The van der Waals surface area contributed by atoms with Crippen molar-refractivity contribution < 1.29 is 4.42 Å². The lowest BCUT2D eigenvalue weighted by Crippen LogP contribution is -2.16. The molecule has 86 valence electrons. The van der Waals surface area contributed by atoms with Gasteiger partial charge >= 0.3 is 0 Å². The summed E-state index contributed by atoms with van der Waals surface area (Å²) in [5.41, 5.74) is 0. The maximum atomic E-state index is 5.65. The van der Waals surface area contributed by atoms with Gasteiger partial charge in [0.1, 0.15) is 0 Å². The van der Waals surface area contributed by atoms with Gasteiger partial charge < -0.3 is 9.73 Å². The molecule has 0 radical (unpaired) electrons. The Balaban J connectivity index is 2.02. The van der Waals surface area contributed by atoms with Crippen molar-refractivity contribution in [3.05, 3.63) is 23.3 Å². The highest BCUT2D eigenvalue weighted by atomic mass is 32.1. The highest BCUT2D eigenvalue weighted by Crippen LogP contribution is 2.26. The van der Waals surface area contributed by atoms with Crippen LogP contribution in [0.15, 0.2) is 16.8 Å². The van der Waals surface area contributed by atoms with Crippen LogP contribution >= 0.6 is 11.3 Å². The molecule has 0 atom stereocenters. The van der Waals surface area contributed by atoms with Gasteiger partial charge in [-0.15, -0.1) is 11.3 Å². The third-order valence-electron chi connectivity index (χ3n) is 2.18. The van der Waals surface area contributed by atoms with E-state index in [0.717, 1.165) is 41.0 Å². The van der Waals surface area contributed by atoms with Crippen LogP contribution < -0.4 is 5.32 Å². The van der Waals surface area contributed by atoms with Crippen molar-refractivity contribution in [1.82, 2.24) is 15.3 Å². The summed E-state index contributed by atoms with van der Waals surface area (Å²) in [5, 5.41) is 4.28. The van der Waals surface area contributed by atoms with Gasteiger partial charge in [-0.2, -0.15) is 0 Å². The third-order valence-corrected chi connectivity index (χ3v) is 3.11. The van der Waals surface area contributed by atoms with E-state index in [2.05, 4.69) is 22.2 Å². The van der Waals surface area contributed by atoms with Gasteiger partial charge in [-0.05, 0) is 13.5 Å². The van der Waals surface area contributed by atoms with E-state index in [1.807, 2.05) is 13.1 Å². The minimum atomic E-state index is 0.780. The number of likely N-dealkylation sites (N-methyl/N-ethyl adjacent to an activating group) is 1. The molecule has 0 amide bonds. The Bertz CT molecular complexity index is 450. The summed E-state index contributed by atoms with van der Waals surface area (Å²) in [7, 11) is 0. The molecule has 0 aliphatic carbocycles. The van der Waals surface area contributed by atoms with E-state index in [1.165, 1.54) is 0 Å². The molecule has 0 aliphatic rings. The number of thiazole rings is 1. The molecule has 0 spiro atoms. The number of hydrogen-bond acceptors (Lipinski definition) is 5. The van der Waals surface area contributed by atoms with Crippen LogP contribution in [0.5, 0.6) is 0 Å². The van der Waals surface area contributed by atoms with Gasteiger partial charge in [0.15, 0.2) is 11.7 Å². The minimum absolute atomic E-state index is 0.780. The van der Waals surface area contributed by atoms with Gasteiger partial charge in [0.2, 0.25) is 0 Å². The lowest BCUT2D eigenvalue weighted by molar-refractivity contribution is 0.498. The quantitative estimate of drug-likeness (QED) is 0.810. The fraction of sp³-hybridized carbons (Fsp3) is 0.455. The molecule has 2 aromatic rings. The minimum Gasteiger partial charge on any atom is -0.440 e. The van der Waals surface area contributed by atoms with Gasteiger partial charge in [0.25, 0.3) is 0 Å². The molecule has 5 heteroatoms. The number of aromatic nitrogens is 2. The standard InChI is InChI=1S/C11H15N3OS/c1-3-12-5-4-11-14-6-9(15-11)10-7-13-8(2)16-10/h6-7,12H,3-5H2,1-2H3. The van der Waals surface area contributed by atoms with Crippen molar-refractivity contribution in [3.63, 3.8) is 0 Å². The average Bonchev–Trinajstić information content (AvgIpc) is 2.87. The lowest BCUT2D eigenvalue weighted by Gasteiger charge is -1.96. The molecule has 0 aliphatic heterocycles. The van der Waals surface area contributed by atoms with E-state index in [0.29, 0.717) is 0 Å². The summed E-state index contributed by atoms with van der Waals surface area (Å²) in [4.78, 5) is 9.48. The molecule has 16 heavy (non-hydrogen) atoms. The largest absolute Gasteiger partial charge is 0.440 e. The summed E-state index contributed by atoms with van der Waals surface area (Å²) >= 11 is 1.62. The summed E-state index contributed by atoms with van der Waals surface area (Å²) in [6, 6.07) is 0. The van der Waals surface area contributed by atoms with E-state index in [4.69, 9.17) is 4.42 Å². The first-order chi connectivity index (χ1) is 7.79. The van der Waals surface area contributed by atoms with Gasteiger partial charge in [-0.3, -0.25) is 0 Å². The number of aryl methyl sites for hydroxylation is 1. The Morgan fingerprint density at radius 1 is 1.38 bits per heavy atom. The third kappa shape index (κ3) is 2.68. The predicted octanol–water partition coefficient (Wildman–Crippen LogP) is 2.26. The second kappa shape index (κ2) is 5.23. The van der Waals surface area contributed by atoms with Crippen LogP contribution in [0.4, 0.5) is 0 Å². The summed E-state index contributed by atoms with van der Waals surface area (Å²) in [5.74, 6) is 1.60. The molecule has 0 bridgehead atoms. The molecule has 4 nitrogen and oxygen atoms in total. The number of nitrogens with one attached hydrogen (secondary N) is 1. The predicted molar refractivity (Wildman–Crippen MR) is 64.6 cm³/mol.